The molecule has 2 aromatic rings. The molecule has 4 atom stereocenters. The normalized spacial score (nSPS) is 23.5. The van der Waals surface area contributed by atoms with Crippen molar-refractivity contribution >= 4 is 18.0 Å². The Labute approximate surface area is 205 Å². The Bertz CT molecular complexity index is 1100. The summed E-state index contributed by atoms with van der Waals surface area (Å²) in [6, 6.07) is 15.2. The number of piperidine rings is 2. The van der Waals surface area contributed by atoms with E-state index in [-0.39, 0.29) is 36.3 Å². The van der Waals surface area contributed by atoms with Crippen LogP contribution in [0.15, 0.2) is 48.5 Å². The van der Waals surface area contributed by atoms with Crippen molar-refractivity contribution in [3.05, 3.63) is 59.7 Å². The fraction of sp³-hybridized carbons (Fsp3) is 0.464. The number of hydrogen-bond acceptors (Lipinski definition) is 4. The van der Waals surface area contributed by atoms with E-state index in [0.717, 1.165) is 28.7 Å². The van der Waals surface area contributed by atoms with Gasteiger partial charge >= 0.3 is 12.1 Å². The van der Waals surface area contributed by atoms with Gasteiger partial charge < -0.3 is 20.1 Å². The summed E-state index contributed by atoms with van der Waals surface area (Å²) in [5.41, 5.74) is 4.56. The zero-order valence-corrected chi connectivity index (χ0v) is 20.1. The Morgan fingerprint density at radius 2 is 1.66 bits per heavy atom. The van der Waals surface area contributed by atoms with Crippen LogP contribution in [-0.4, -0.2) is 53.2 Å². The number of amides is 2. The SMILES string of the molecule is CC(C)[C@@H](NC(=O)OCC1c2ccccc2-c2ccccc21)C(=O)N1CC2CCC1C(C(=O)O)C2. The van der Waals surface area contributed by atoms with Crippen molar-refractivity contribution in [3.8, 4) is 11.1 Å². The predicted octanol–water partition coefficient (Wildman–Crippen LogP) is 4.26. The van der Waals surface area contributed by atoms with E-state index in [1.807, 2.05) is 38.1 Å². The van der Waals surface area contributed by atoms with Crippen LogP contribution in [0.1, 0.15) is 50.2 Å². The molecule has 2 heterocycles. The number of carboxylic acid groups (broad SMARTS) is 1. The average molecular weight is 477 g/mol. The van der Waals surface area contributed by atoms with Crippen LogP contribution >= 0.6 is 0 Å². The van der Waals surface area contributed by atoms with Crippen LogP contribution in [0.4, 0.5) is 4.79 Å². The Balaban J connectivity index is 1.27. The number of carbonyl (C=O) groups excluding carboxylic acids is 2. The van der Waals surface area contributed by atoms with Crippen molar-refractivity contribution in [2.24, 2.45) is 17.8 Å². The summed E-state index contributed by atoms with van der Waals surface area (Å²) in [5.74, 6) is -1.61. The molecule has 2 N–H and O–H groups in total. The van der Waals surface area contributed by atoms with Crippen LogP contribution in [-0.2, 0) is 14.3 Å². The number of ether oxygens (including phenoxy) is 1. The maximum atomic E-state index is 13.5. The highest BCUT2D eigenvalue weighted by Crippen LogP contribution is 2.44. The first-order valence-corrected chi connectivity index (χ1v) is 12.5. The van der Waals surface area contributed by atoms with Crippen LogP contribution in [0.3, 0.4) is 0 Å². The van der Waals surface area contributed by atoms with E-state index in [9.17, 15) is 19.5 Å². The minimum atomic E-state index is -0.845. The summed E-state index contributed by atoms with van der Waals surface area (Å²) in [4.78, 5) is 39.8. The second-order valence-electron chi connectivity index (χ2n) is 10.4. The van der Waals surface area contributed by atoms with Gasteiger partial charge in [0.2, 0.25) is 5.91 Å². The molecule has 3 unspecified atom stereocenters. The largest absolute Gasteiger partial charge is 0.481 e. The van der Waals surface area contributed by atoms with Gasteiger partial charge in [-0.25, -0.2) is 4.79 Å². The van der Waals surface area contributed by atoms with Gasteiger partial charge in [0.15, 0.2) is 0 Å². The third-order valence-corrected chi connectivity index (χ3v) is 7.93. The number of hydrogen-bond donors (Lipinski definition) is 2. The molecule has 1 saturated carbocycles. The fourth-order valence-electron chi connectivity index (χ4n) is 6.17. The number of alkyl carbamates (subject to hydrolysis) is 1. The Kier molecular flexibility index (Phi) is 6.26. The van der Waals surface area contributed by atoms with Gasteiger partial charge in [-0.1, -0.05) is 62.4 Å². The lowest BCUT2D eigenvalue weighted by atomic mass is 9.72. The number of nitrogens with one attached hydrogen (secondary N) is 1. The third-order valence-electron chi connectivity index (χ3n) is 7.93. The summed E-state index contributed by atoms with van der Waals surface area (Å²) >= 11 is 0. The molecule has 6 rings (SSSR count). The number of nitrogens with zero attached hydrogens (tertiary/aromatic N) is 1. The van der Waals surface area contributed by atoms with Crippen molar-refractivity contribution in [2.75, 3.05) is 13.2 Å². The molecule has 0 spiro atoms. The van der Waals surface area contributed by atoms with Crippen molar-refractivity contribution in [1.29, 1.82) is 0 Å². The molecule has 2 aliphatic carbocycles. The number of carboxylic acids is 1. The first-order chi connectivity index (χ1) is 16.8. The first kappa shape index (κ1) is 23.4. The zero-order chi connectivity index (χ0) is 24.7. The summed E-state index contributed by atoms with van der Waals surface area (Å²) in [5, 5.41) is 12.4. The van der Waals surface area contributed by atoms with Crippen LogP contribution in [0.5, 0.6) is 0 Å². The van der Waals surface area contributed by atoms with E-state index in [1.54, 1.807) is 4.90 Å². The van der Waals surface area contributed by atoms with Gasteiger partial charge in [0.05, 0.1) is 5.92 Å². The molecule has 0 radical (unpaired) electrons. The molecule has 0 aromatic heterocycles. The molecule has 2 aromatic carbocycles. The number of aliphatic carboxylic acids is 1. The number of rotatable bonds is 6. The highest BCUT2D eigenvalue weighted by molar-refractivity contribution is 5.87. The standard InChI is InChI=1S/C28H32N2O5/c1-16(2)25(26(31)30-14-17-11-12-24(30)22(13-17)27(32)33)29-28(34)35-15-23-20-9-5-3-7-18(20)19-8-4-6-10-21(19)23/h3-10,16-17,22-25H,11-15H2,1-2H3,(H,29,34)(H,32,33)/t17?,22?,24?,25-/m1/s1. The quantitative estimate of drug-likeness (QED) is 0.650. The monoisotopic (exact) mass is 476 g/mol. The van der Waals surface area contributed by atoms with Gasteiger partial charge in [-0.3, -0.25) is 9.59 Å². The third kappa shape index (κ3) is 4.28. The maximum absolute atomic E-state index is 13.5. The summed E-state index contributed by atoms with van der Waals surface area (Å²) < 4.78 is 5.66. The summed E-state index contributed by atoms with van der Waals surface area (Å²) in [7, 11) is 0. The van der Waals surface area contributed by atoms with Crippen LogP contribution in [0.25, 0.3) is 11.1 Å². The van der Waals surface area contributed by atoms with Gasteiger partial charge in [-0.15, -0.1) is 0 Å². The predicted molar refractivity (Wildman–Crippen MR) is 131 cm³/mol. The molecular weight excluding hydrogens is 444 g/mol. The topological polar surface area (TPSA) is 95.9 Å². The second-order valence-corrected chi connectivity index (χ2v) is 10.4. The Morgan fingerprint density at radius 3 is 2.23 bits per heavy atom. The zero-order valence-electron chi connectivity index (χ0n) is 20.1. The second kappa shape index (κ2) is 9.36. The number of fused-ring (bicyclic) bond motifs is 6. The van der Waals surface area contributed by atoms with Crippen molar-refractivity contribution in [1.82, 2.24) is 10.2 Å². The van der Waals surface area contributed by atoms with Crippen molar-refractivity contribution < 1.29 is 24.2 Å². The lowest BCUT2D eigenvalue weighted by Gasteiger charge is -2.49. The van der Waals surface area contributed by atoms with E-state index < -0.39 is 24.0 Å². The molecule has 2 amide bonds. The van der Waals surface area contributed by atoms with Crippen LogP contribution in [0, 0.1) is 17.8 Å². The smallest absolute Gasteiger partial charge is 0.407 e. The van der Waals surface area contributed by atoms with E-state index >= 15 is 0 Å². The molecule has 2 bridgehead atoms. The van der Waals surface area contributed by atoms with E-state index in [4.69, 9.17) is 4.74 Å². The molecule has 7 heteroatoms. The van der Waals surface area contributed by atoms with Crippen LogP contribution in [0.2, 0.25) is 0 Å². The highest BCUT2D eigenvalue weighted by Gasteiger charge is 2.47. The molecule has 2 saturated heterocycles. The summed E-state index contributed by atoms with van der Waals surface area (Å²) in [6.45, 7) is 4.49. The van der Waals surface area contributed by atoms with E-state index in [1.165, 1.54) is 0 Å². The van der Waals surface area contributed by atoms with Gasteiger partial charge in [0, 0.05) is 18.5 Å². The molecule has 3 fully saturated rings. The van der Waals surface area contributed by atoms with Gasteiger partial charge in [0.25, 0.3) is 0 Å². The summed E-state index contributed by atoms with van der Waals surface area (Å²) in [6.07, 6.45) is 1.64. The molecule has 4 aliphatic rings. The van der Waals surface area contributed by atoms with Crippen molar-refractivity contribution in [2.45, 2.75) is 51.1 Å². The fourth-order valence-corrected chi connectivity index (χ4v) is 6.17. The minimum Gasteiger partial charge on any atom is -0.481 e. The lowest BCUT2D eigenvalue weighted by Crippen LogP contribution is -2.62. The van der Waals surface area contributed by atoms with Gasteiger partial charge in [-0.05, 0) is 53.4 Å². The minimum absolute atomic E-state index is 0.0597. The Hall–Kier alpha value is -3.35. The number of carbonyl (C=O) groups is 3. The lowest BCUT2D eigenvalue weighted by molar-refractivity contribution is -0.157. The molecule has 7 nitrogen and oxygen atoms in total. The maximum Gasteiger partial charge on any atom is 0.407 e. The van der Waals surface area contributed by atoms with E-state index in [2.05, 4.69) is 29.6 Å². The molecule has 35 heavy (non-hydrogen) atoms. The van der Waals surface area contributed by atoms with Gasteiger partial charge in [-0.2, -0.15) is 0 Å². The molecule has 2 aliphatic heterocycles. The van der Waals surface area contributed by atoms with E-state index in [0.29, 0.717) is 19.4 Å². The average Bonchev–Trinajstić information content (AvgIpc) is 3.19. The number of benzene rings is 2. The highest BCUT2D eigenvalue weighted by atomic mass is 16.5. The van der Waals surface area contributed by atoms with Crippen molar-refractivity contribution in [3.63, 3.8) is 0 Å². The molecule has 184 valence electrons. The Morgan fingerprint density at radius 1 is 1.03 bits per heavy atom. The first-order valence-electron chi connectivity index (χ1n) is 12.5. The van der Waals surface area contributed by atoms with Gasteiger partial charge in [0.1, 0.15) is 12.6 Å². The molecular formula is C28H32N2O5. The van der Waals surface area contributed by atoms with Crippen LogP contribution < -0.4 is 5.32 Å².